The summed E-state index contributed by atoms with van der Waals surface area (Å²) in [7, 11) is 0. The summed E-state index contributed by atoms with van der Waals surface area (Å²) in [6.45, 7) is 2.73. The van der Waals surface area contributed by atoms with E-state index in [0.29, 0.717) is 17.9 Å². The van der Waals surface area contributed by atoms with Crippen LogP contribution in [0.2, 0.25) is 0 Å². The van der Waals surface area contributed by atoms with Crippen molar-refractivity contribution in [3.8, 4) is 11.1 Å². The molecule has 2 aliphatic rings. The van der Waals surface area contributed by atoms with Crippen LogP contribution in [0.15, 0.2) is 54.6 Å². The Morgan fingerprint density at radius 3 is 2.16 bits per heavy atom. The van der Waals surface area contributed by atoms with E-state index < -0.39 is 0 Å². The molecule has 4 rings (SSSR count). The Hall–Kier alpha value is -2.13. The van der Waals surface area contributed by atoms with Crippen molar-refractivity contribution in [1.29, 1.82) is 0 Å². The fourth-order valence-electron chi connectivity index (χ4n) is 3.60. The van der Waals surface area contributed by atoms with Crippen LogP contribution in [0.4, 0.5) is 0 Å². The van der Waals surface area contributed by atoms with E-state index in [9.17, 15) is 4.79 Å². The molecular formula is C22H26N2O. The van der Waals surface area contributed by atoms with Gasteiger partial charge in [0.2, 0.25) is 5.91 Å². The number of nitrogens with zero attached hydrogens (tertiary/aromatic N) is 1. The second-order valence-electron chi connectivity index (χ2n) is 7.32. The summed E-state index contributed by atoms with van der Waals surface area (Å²) in [5.41, 5.74) is 3.84. The minimum Gasteiger partial charge on any atom is -0.342 e. The zero-order valence-corrected chi connectivity index (χ0v) is 14.7. The van der Waals surface area contributed by atoms with Crippen molar-refractivity contribution in [3.63, 3.8) is 0 Å². The van der Waals surface area contributed by atoms with E-state index in [2.05, 4.69) is 58.7 Å². The van der Waals surface area contributed by atoms with Gasteiger partial charge in [0.1, 0.15) is 0 Å². The van der Waals surface area contributed by atoms with Crippen LogP contribution in [-0.4, -0.2) is 29.9 Å². The lowest BCUT2D eigenvalue weighted by atomic mass is 10.0. The van der Waals surface area contributed by atoms with Crippen LogP contribution in [0, 0.1) is 5.92 Å². The largest absolute Gasteiger partial charge is 0.342 e. The highest BCUT2D eigenvalue weighted by atomic mass is 16.2. The van der Waals surface area contributed by atoms with Crippen molar-refractivity contribution in [2.24, 2.45) is 5.92 Å². The number of hydrogen-bond donors (Lipinski definition) is 1. The van der Waals surface area contributed by atoms with Gasteiger partial charge in [-0.1, -0.05) is 54.6 Å². The Balaban J connectivity index is 1.25. The second-order valence-corrected chi connectivity index (χ2v) is 7.32. The summed E-state index contributed by atoms with van der Waals surface area (Å²) in [6.07, 6.45) is 4.35. The van der Waals surface area contributed by atoms with Gasteiger partial charge in [0.05, 0.1) is 0 Å². The molecule has 1 saturated heterocycles. The molecule has 1 saturated carbocycles. The normalized spacial score (nSPS) is 18.3. The monoisotopic (exact) mass is 334 g/mol. The Morgan fingerprint density at radius 2 is 1.52 bits per heavy atom. The van der Waals surface area contributed by atoms with Crippen molar-refractivity contribution in [2.45, 2.75) is 38.3 Å². The molecule has 0 radical (unpaired) electrons. The summed E-state index contributed by atoms with van der Waals surface area (Å²) in [6, 6.07) is 19.8. The number of benzene rings is 2. The van der Waals surface area contributed by atoms with E-state index in [1.807, 2.05) is 6.07 Å². The zero-order valence-electron chi connectivity index (χ0n) is 14.7. The third kappa shape index (κ3) is 4.10. The fraction of sp³-hybridized carbons (Fsp3) is 0.409. The van der Waals surface area contributed by atoms with Gasteiger partial charge in [-0.3, -0.25) is 4.79 Å². The molecule has 0 atom stereocenters. The van der Waals surface area contributed by atoms with Crippen molar-refractivity contribution < 1.29 is 4.79 Å². The van der Waals surface area contributed by atoms with Crippen molar-refractivity contribution in [1.82, 2.24) is 10.2 Å². The maximum absolute atomic E-state index is 12.1. The first-order chi connectivity index (χ1) is 12.3. The molecule has 0 unspecified atom stereocenters. The fourth-order valence-corrected chi connectivity index (χ4v) is 3.60. The van der Waals surface area contributed by atoms with E-state index in [1.54, 1.807) is 0 Å². The standard InChI is InChI=1S/C22H26N2O/c25-22(20-10-11-20)24-14-12-21(13-15-24)23-16-17-6-8-19(9-7-17)18-4-2-1-3-5-18/h1-9,20-21,23H,10-16H2. The van der Waals surface area contributed by atoms with Gasteiger partial charge in [0.15, 0.2) is 0 Å². The molecule has 25 heavy (non-hydrogen) atoms. The quantitative estimate of drug-likeness (QED) is 0.901. The van der Waals surface area contributed by atoms with E-state index >= 15 is 0 Å². The molecule has 2 fully saturated rings. The Bertz CT molecular complexity index is 699. The molecule has 2 aromatic carbocycles. The zero-order chi connectivity index (χ0) is 17.1. The Morgan fingerprint density at radius 1 is 0.880 bits per heavy atom. The average Bonchev–Trinajstić information content (AvgIpc) is 3.53. The highest BCUT2D eigenvalue weighted by molar-refractivity contribution is 5.81. The molecule has 0 spiro atoms. The Labute approximate surface area is 150 Å². The molecule has 1 heterocycles. The van der Waals surface area contributed by atoms with E-state index in [-0.39, 0.29) is 0 Å². The number of nitrogens with one attached hydrogen (secondary N) is 1. The van der Waals surface area contributed by atoms with Gasteiger partial charge < -0.3 is 10.2 Å². The smallest absolute Gasteiger partial charge is 0.225 e. The van der Waals surface area contributed by atoms with Gasteiger partial charge in [0.25, 0.3) is 0 Å². The molecule has 1 aliphatic carbocycles. The van der Waals surface area contributed by atoms with Crippen LogP contribution in [0.25, 0.3) is 11.1 Å². The molecule has 1 amide bonds. The van der Waals surface area contributed by atoms with Gasteiger partial charge in [-0.15, -0.1) is 0 Å². The third-order valence-corrected chi connectivity index (χ3v) is 5.39. The number of carbonyl (C=O) groups excluding carboxylic acids is 1. The van der Waals surface area contributed by atoms with Crippen molar-refractivity contribution in [3.05, 3.63) is 60.2 Å². The molecule has 0 aromatic heterocycles. The number of likely N-dealkylation sites (tertiary alicyclic amines) is 1. The first-order valence-corrected chi connectivity index (χ1v) is 9.46. The molecule has 2 aromatic rings. The lowest BCUT2D eigenvalue weighted by molar-refractivity contribution is -0.133. The van der Waals surface area contributed by atoms with E-state index in [4.69, 9.17) is 0 Å². The van der Waals surface area contributed by atoms with Gasteiger partial charge >= 0.3 is 0 Å². The number of piperidine rings is 1. The number of rotatable bonds is 5. The lowest BCUT2D eigenvalue weighted by Crippen LogP contribution is -2.45. The minimum atomic E-state index is 0.354. The van der Waals surface area contributed by atoms with E-state index in [0.717, 1.165) is 45.3 Å². The van der Waals surface area contributed by atoms with Gasteiger partial charge in [-0.2, -0.15) is 0 Å². The maximum Gasteiger partial charge on any atom is 0.225 e. The highest BCUT2D eigenvalue weighted by Gasteiger charge is 2.34. The molecule has 130 valence electrons. The van der Waals surface area contributed by atoms with Crippen molar-refractivity contribution >= 4 is 5.91 Å². The second kappa shape index (κ2) is 7.40. The predicted octanol–water partition coefficient (Wildman–Crippen LogP) is 3.84. The van der Waals surface area contributed by atoms with Crippen LogP contribution in [0.3, 0.4) is 0 Å². The lowest BCUT2D eigenvalue weighted by Gasteiger charge is -2.32. The van der Waals surface area contributed by atoms with Gasteiger partial charge in [0, 0.05) is 31.6 Å². The minimum absolute atomic E-state index is 0.354. The van der Waals surface area contributed by atoms with Crippen molar-refractivity contribution in [2.75, 3.05) is 13.1 Å². The molecule has 1 aliphatic heterocycles. The Kier molecular flexibility index (Phi) is 4.84. The topological polar surface area (TPSA) is 32.3 Å². The van der Waals surface area contributed by atoms with Crippen LogP contribution in [-0.2, 0) is 11.3 Å². The van der Waals surface area contributed by atoms with Gasteiger partial charge in [-0.05, 0) is 42.4 Å². The summed E-state index contributed by atoms with van der Waals surface area (Å²) < 4.78 is 0. The third-order valence-electron chi connectivity index (χ3n) is 5.39. The van der Waals surface area contributed by atoms with Gasteiger partial charge in [-0.25, -0.2) is 0 Å². The molecule has 3 heteroatoms. The summed E-state index contributed by atoms with van der Waals surface area (Å²) in [5, 5.41) is 3.66. The number of carbonyl (C=O) groups is 1. The van der Waals surface area contributed by atoms with Crippen LogP contribution in [0.1, 0.15) is 31.2 Å². The number of amides is 1. The SMILES string of the molecule is O=C(C1CC1)N1CCC(NCc2ccc(-c3ccccc3)cc2)CC1. The molecule has 0 bridgehead atoms. The first-order valence-electron chi connectivity index (χ1n) is 9.46. The van der Waals surface area contributed by atoms with E-state index in [1.165, 1.54) is 16.7 Å². The maximum atomic E-state index is 12.1. The average molecular weight is 334 g/mol. The van der Waals surface area contributed by atoms with Crippen LogP contribution >= 0.6 is 0 Å². The summed E-state index contributed by atoms with van der Waals surface area (Å²) in [4.78, 5) is 14.2. The number of hydrogen-bond acceptors (Lipinski definition) is 2. The molecular weight excluding hydrogens is 308 g/mol. The van der Waals surface area contributed by atoms with Crippen LogP contribution in [0.5, 0.6) is 0 Å². The highest BCUT2D eigenvalue weighted by Crippen LogP contribution is 2.31. The predicted molar refractivity (Wildman–Crippen MR) is 101 cm³/mol. The van der Waals surface area contributed by atoms with Crippen LogP contribution < -0.4 is 5.32 Å². The summed E-state index contributed by atoms with van der Waals surface area (Å²) >= 11 is 0. The summed E-state index contributed by atoms with van der Waals surface area (Å²) in [5.74, 6) is 0.752. The first kappa shape index (κ1) is 16.3. The molecule has 3 nitrogen and oxygen atoms in total. The molecule has 1 N–H and O–H groups in total.